The molecule has 3 atom stereocenters. The van der Waals surface area contributed by atoms with Crippen LogP contribution < -0.4 is 0 Å². The van der Waals surface area contributed by atoms with Crippen molar-refractivity contribution < 1.29 is 5.11 Å². The third-order valence-electron chi connectivity index (χ3n) is 2.95. The molecule has 1 saturated carbocycles. The van der Waals surface area contributed by atoms with Crippen LogP contribution in [0.5, 0.6) is 0 Å². The molecule has 56 valence electrons. The van der Waals surface area contributed by atoms with E-state index in [9.17, 15) is 5.11 Å². The third kappa shape index (κ3) is 0.891. The third-order valence-corrected chi connectivity index (χ3v) is 2.95. The van der Waals surface area contributed by atoms with Crippen molar-refractivity contribution in [1.82, 2.24) is 0 Å². The molecule has 1 fully saturated rings. The molecule has 0 spiro atoms. The van der Waals surface area contributed by atoms with Crippen LogP contribution in [0.4, 0.5) is 0 Å². The van der Waals surface area contributed by atoms with Crippen molar-refractivity contribution in [3.05, 3.63) is 12.2 Å². The molecule has 2 aliphatic carbocycles. The highest BCUT2D eigenvalue weighted by molar-refractivity contribution is 4.99. The van der Waals surface area contributed by atoms with Gasteiger partial charge in [-0.15, -0.1) is 0 Å². The molecular weight excluding hydrogens is 124 g/mol. The lowest BCUT2D eigenvalue weighted by Gasteiger charge is -2.22. The highest BCUT2D eigenvalue weighted by Crippen LogP contribution is 2.39. The monoisotopic (exact) mass is 138 g/mol. The first-order chi connectivity index (χ1) is 4.88. The van der Waals surface area contributed by atoms with E-state index in [1.165, 1.54) is 12.8 Å². The van der Waals surface area contributed by atoms with Crippen molar-refractivity contribution in [2.24, 2.45) is 11.8 Å². The van der Waals surface area contributed by atoms with Crippen molar-refractivity contribution in [1.29, 1.82) is 0 Å². The largest absolute Gasteiger partial charge is 0.393 e. The Kier molecular flexibility index (Phi) is 1.53. The van der Waals surface area contributed by atoms with Gasteiger partial charge < -0.3 is 5.11 Å². The van der Waals surface area contributed by atoms with Crippen LogP contribution in [0.2, 0.25) is 0 Å². The summed E-state index contributed by atoms with van der Waals surface area (Å²) in [6, 6.07) is 0. The molecule has 0 aromatic rings. The van der Waals surface area contributed by atoms with E-state index in [1.54, 1.807) is 0 Å². The van der Waals surface area contributed by atoms with Crippen molar-refractivity contribution in [2.45, 2.75) is 31.8 Å². The quantitative estimate of drug-likeness (QED) is 0.505. The van der Waals surface area contributed by atoms with E-state index < -0.39 is 0 Å². The summed E-state index contributed by atoms with van der Waals surface area (Å²) >= 11 is 0. The molecular formula is C9H14O. The lowest BCUT2D eigenvalue weighted by atomic mass is 9.85. The maximum Gasteiger partial charge on any atom is 0.0574 e. The van der Waals surface area contributed by atoms with Crippen LogP contribution in [0, 0.1) is 11.8 Å². The lowest BCUT2D eigenvalue weighted by molar-refractivity contribution is 0.117. The summed E-state index contributed by atoms with van der Waals surface area (Å²) in [6.45, 7) is 0. The second kappa shape index (κ2) is 2.39. The van der Waals surface area contributed by atoms with Gasteiger partial charge in [0.25, 0.3) is 0 Å². The number of aliphatic hydroxyl groups excluding tert-OH is 1. The van der Waals surface area contributed by atoms with E-state index in [2.05, 4.69) is 12.2 Å². The molecule has 2 rings (SSSR count). The fraction of sp³-hybridized carbons (Fsp3) is 0.778. The second-order valence-electron chi connectivity index (χ2n) is 3.51. The summed E-state index contributed by atoms with van der Waals surface area (Å²) in [5, 5.41) is 9.49. The number of hydrogen-bond acceptors (Lipinski definition) is 1. The lowest BCUT2D eigenvalue weighted by Crippen LogP contribution is -2.19. The molecule has 0 saturated heterocycles. The van der Waals surface area contributed by atoms with Gasteiger partial charge in [-0.2, -0.15) is 0 Å². The predicted octanol–water partition coefficient (Wildman–Crippen LogP) is 1.72. The Morgan fingerprint density at radius 1 is 1.10 bits per heavy atom. The standard InChI is InChI=1S/C9H14O/c10-9-6-5-7-3-1-2-4-8(7)9/h1-2,7-10H,3-6H2. The Labute approximate surface area is 61.8 Å². The van der Waals surface area contributed by atoms with Gasteiger partial charge in [0.05, 0.1) is 6.10 Å². The van der Waals surface area contributed by atoms with Crippen LogP contribution in [0.3, 0.4) is 0 Å². The zero-order valence-corrected chi connectivity index (χ0v) is 6.16. The number of allylic oxidation sites excluding steroid dienone is 2. The number of hydrogen-bond donors (Lipinski definition) is 1. The predicted molar refractivity (Wildman–Crippen MR) is 40.6 cm³/mol. The first kappa shape index (κ1) is 6.41. The second-order valence-corrected chi connectivity index (χ2v) is 3.51. The Hall–Kier alpha value is -0.300. The Morgan fingerprint density at radius 3 is 2.70 bits per heavy atom. The van der Waals surface area contributed by atoms with E-state index in [0.717, 1.165) is 18.8 Å². The molecule has 1 N–H and O–H groups in total. The SMILES string of the molecule is OC1CCC2CC=CCC12. The van der Waals surface area contributed by atoms with Crippen molar-refractivity contribution in [2.75, 3.05) is 0 Å². The summed E-state index contributed by atoms with van der Waals surface area (Å²) in [4.78, 5) is 0. The van der Waals surface area contributed by atoms with Crippen LogP contribution >= 0.6 is 0 Å². The van der Waals surface area contributed by atoms with E-state index in [4.69, 9.17) is 0 Å². The van der Waals surface area contributed by atoms with Gasteiger partial charge >= 0.3 is 0 Å². The molecule has 1 nitrogen and oxygen atoms in total. The van der Waals surface area contributed by atoms with E-state index in [1.807, 2.05) is 0 Å². The Balaban J connectivity index is 2.10. The molecule has 0 aromatic carbocycles. The van der Waals surface area contributed by atoms with Crippen LogP contribution in [0.1, 0.15) is 25.7 Å². The van der Waals surface area contributed by atoms with Crippen LogP contribution in [0.25, 0.3) is 0 Å². The van der Waals surface area contributed by atoms with Gasteiger partial charge in [-0.1, -0.05) is 12.2 Å². The van der Waals surface area contributed by atoms with Gasteiger partial charge in [-0.3, -0.25) is 0 Å². The molecule has 1 heteroatoms. The molecule has 10 heavy (non-hydrogen) atoms. The van der Waals surface area contributed by atoms with Crippen molar-refractivity contribution in [3.8, 4) is 0 Å². The summed E-state index contributed by atoms with van der Waals surface area (Å²) in [5.41, 5.74) is 0. The highest BCUT2D eigenvalue weighted by Gasteiger charge is 2.34. The van der Waals surface area contributed by atoms with Crippen molar-refractivity contribution >= 4 is 0 Å². The normalized spacial score (nSPS) is 45.5. The summed E-state index contributed by atoms with van der Waals surface area (Å²) in [5.74, 6) is 1.41. The maximum atomic E-state index is 9.49. The molecule has 0 radical (unpaired) electrons. The number of aliphatic hydroxyl groups is 1. The number of fused-ring (bicyclic) bond motifs is 1. The molecule has 0 aliphatic heterocycles. The minimum atomic E-state index is 0.00921. The van der Waals surface area contributed by atoms with Crippen LogP contribution in [0.15, 0.2) is 12.2 Å². The minimum Gasteiger partial charge on any atom is -0.393 e. The van der Waals surface area contributed by atoms with Gasteiger partial charge in [0.2, 0.25) is 0 Å². The average Bonchev–Trinajstić information content (AvgIpc) is 2.34. The summed E-state index contributed by atoms with van der Waals surface area (Å²) < 4.78 is 0. The molecule has 0 aromatic heterocycles. The zero-order valence-electron chi connectivity index (χ0n) is 6.16. The van der Waals surface area contributed by atoms with E-state index in [-0.39, 0.29) is 6.10 Å². The van der Waals surface area contributed by atoms with Gasteiger partial charge in [0.15, 0.2) is 0 Å². The zero-order chi connectivity index (χ0) is 6.97. The summed E-state index contributed by atoms with van der Waals surface area (Å²) in [7, 11) is 0. The molecule has 3 unspecified atom stereocenters. The van der Waals surface area contributed by atoms with Gasteiger partial charge in [-0.05, 0) is 37.5 Å². The summed E-state index contributed by atoms with van der Waals surface area (Å²) in [6.07, 6.45) is 9.10. The molecule has 0 amide bonds. The molecule has 0 heterocycles. The molecule has 2 aliphatic rings. The smallest absolute Gasteiger partial charge is 0.0574 e. The Morgan fingerprint density at radius 2 is 1.90 bits per heavy atom. The number of rotatable bonds is 0. The Bertz CT molecular complexity index is 151. The maximum absolute atomic E-state index is 9.49. The van der Waals surface area contributed by atoms with Crippen LogP contribution in [-0.4, -0.2) is 11.2 Å². The topological polar surface area (TPSA) is 20.2 Å². The van der Waals surface area contributed by atoms with Crippen molar-refractivity contribution in [3.63, 3.8) is 0 Å². The van der Waals surface area contributed by atoms with E-state index in [0.29, 0.717) is 5.92 Å². The van der Waals surface area contributed by atoms with Gasteiger partial charge in [-0.25, -0.2) is 0 Å². The van der Waals surface area contributed by atoms with E-state index >= 15 is 0 Å². The average molecular weight is 138 g/mol. The highest BCUT2D eigenvalue weighted by atomic mass is 16.3. The van der Waals surface area contributed by atoms with Crippen LogP contribution in [-0.2, 0) is 0 Å². The van der Waals surface area contributed by atoms with Gasteiger partial charge in [0, 0.05) is 0 Å². The fourth-order valence-electron chi connectivity index (χ4n) is 2.29. The van der Waals surface area contributed by atoms with Gasteiger partial charge in [0.1, 0.15) is 0 Å². The fourth-order valence-corrected chi connectivity index (χ4v) is 2.29. The molecule has 0 bridgehead atoms. The first-order valence-corrected chi connectivity index (χ1v) is 4.21. The first-order valence-electron chi connectivity index (χ1n) is 4.21. The minimum absolute atomic E-state index is 0.00921.